The average molecular weight is 261 g/mol. The lowest BCUT2D eigenvalue weighted by molar-refractivity contribution is 0.746. The molecule has 7 heteroatoms. The van der Waals surface area contributed by atoms with Gasteiger partial charge in [0, 0.05) is 37.1 Å². The monoisotopic (exact) mass is 261 g/mol. The van der Waals surface area contributed by atoms with Crippen molar-refractivity contribution in [3.63, 3.8) is 0 Å². The molecule has 0 spiro atoms. The first kappa shape index (κ1) is 13.3. The average Bonchev–Trinajstić information content (AvgIpc) is 2.76. The van der Waals surface area contributed by atoms with Crippen molar-refractivity contribution in [1.29, 1.82) is 0 Å². The first-order chi connectivity index (χ1) is 9.12. The van der Waals surface area contributed by atoms with Gasteiger partial charge in [-0.25, -0.2) is 10.8 Å². The van der Waals surface area contributed by atoms with E-state index in [4.69, 9.17) is 5.84 Å². The number of hydrazine groups is 1. The van der Waals surface area contributed by atoms with Crippen LogP contribution in [0.1, 0.15) is 23.9 Å². The van der Waals surface area contributed by atoms with Crippen LogP contribution < -0.4 is 16.6 Å². The second kappa shape index (κ2) is 5.66. The maximum Gasteiger partial charge on any atom is 0.239 e. The minimum absolute atomic E-state index is 0.407. The van der Waals surface area contributed by atoms with Crippen molar-refractivity contribution < 1.29 is 0 Å². The maximum absolute atomic E-state index is 5.33. The Balaban J connectivity index is 2.11. The molecule has 0 saturated heterocycles. The van der Waals surface area contributed by atoms with Gasteiger partial charge in [-0.2, -0.15) is 10.1 Å². The number of aromatic nitrogens is 4. The molecule has 102 valence electrons. The molecule has 0 aliphatic heterocycles. The van der Waals surface area contributed by atoms with Crippen LogP contribution in [0.25, 0.3) is 0 Å². The number of nitrogens with two attached hydrogens (primary N) is 1. The van der Waals surface area contributed by atoms with E-state index in [1.165, 1.54) is 5.56 Å². The van der Waals surface area contributed by atoms with Crippen molar-refractivity contribution in [3.05, 3.63) is 29.2 Å². The topological polar surface area (TPSA) is 93.7 Å². The van der Waals surface area contributed by atoms with Crippen molar-refractivity contribution >= 4 is 11.8 Å². The molecular weight excluding hydrogens is 242 g/mol. The van der Waals surface area contributed by atoms with Gasteiger partial charge in [-0.05, 0) is 13.3 Å². The van der Waals surface area contributed by atoms with Crippen molar-refractivity contribution in [3.8, 4) is 0 Å². The molecule has 0 amide bonds. The lowest BCUT2D eigenvalue weighted by Gasteiger charge is -2.07. The first-order valence-corrected chi connectivity index (χ1v) is 6.20. The number of hydrogen-bond acceptors (Lipinski definition) is 6. The van der Waals surface area contributed by atoms with E-state index in [-0.39, 0.29) is 0 Å². The Morgan fingerprint density at radius 1 is 1.37 bits per heavy atom. The fourth-order valence-corrected chi connectivity index (χ4v) is 1.94. The molecule has 0 aliphatic carbocycles. The van der Waals surface area contributed by atoms with E-state index in [1.807, 2.05) is 30.9 Å². The number of nitrogens with zero attached hydrogens (tertiary/aromatic N) is 4. The molecule has 19 heavy (non-hydrogen) atoms. The van der Waals surface area contributed by atoms with Crippen LogP contribution in [0.15, 0.2) is 12.3 Å². The van der Waals surface area contributed by atoms with E-state index in [2.05, 4.69) is 32.7 Å². The van der Waals surface area contributed by atoms with Crippen LogP contribution in [0.5, 0.6) is 0 Å². The summed E-state index contributed by atoms with van der Waals surface area (Å²) in [5, 5.41) is 7.67. The van der Waals surface area contributed by atoms with E-state index in [9.17, 15) is 0 Å². The van der Waals surface area contributed by atoms with Crippen molar-refractivity contribution in [2.75, 3.05) is 10.7 Å². The quantitative estimate of drug-likeness (QED) is 0.548. The molecule has 2 aromatic rings. The number of anilines is 2. The Morgan fingerprint density at radius 3 is 2.84 bits per heavy atom. The lowest BCUT2D eigenvalue weighted by Crippen LogP contribution is -2.12. The van der Waals surface area contributed by atoms with Crippen molar-refractivity contribution in [2.45, 2.75) is 26.8 Å². The third-order valence-corrected chi connectivity index (χ3v) is 2.77. The van der Waals surface area contributed by atoms with Crippen LogP contribution in [0.4, 0.5) is 11.8 Å². The first-order valence-electron chi connectivity index (χ1n) is 6.20. The summed E-state index contributed by atoms with van der Waals surface area (Å²) >= 11 is 0. The predicted octanol–water partition coefficient (Wildman–Crippen LogP) is 0.979. The minimum Gasteiger partial charge on any atom is -0.366 e. The van der Waals surface area contributed by atoms with Crippen LogP contribution in [-0.2, 0) is 20.0 Å². The fourth-order valence-electron chi connectivity index (χ4n) is 1.94. The molecule has 2 rings (SSSR count). The van der Waals surface area contributed by atoms with Gasteiger partial charge in [-0.15, -0.1) is 0 Å². The molecule has 0 bridgehead atoms. The summed E-state index contributed by atoms with van der Waals surface area (Å²) in [5.74, 6) is 6.48. The van der Waals surface area contributed by atoms with Crippen LogP contribution >= 0.6 is 0 Å². The molecule has 7 nitrogen and oxygen atoms in total. The second-order valence-electron chi connectivity index (χ2n) is 4.34. The molecule has 4 N–H and O–H groups in total. The van der Waals surface area contributed by atoms with Gasteiger partial charge in [0.25, 0.3) is 0 Å². The van der Waals surface area contributed by atoms with Crippen LogP contribution in [-0.4, -0.2) is 19.7 Å². The van der Waals surface area contributed by atoms with Gasteiger partial charge in [-0.1, -0.05) is 6.92 Å². The smallest absolute Gasteiger partial charge is 0.239 e. The normalized spacial score (nSPS) is 10.5. The van der Waals surface area contributed by atoms with E-state index >= 15 is 0 Å². The van der Waals surface area contributed by atoms with Crippen LogP contribution in [0.3, 0.4) is 0 Å². The summed E-state index contributed by atoms with van der Waals surface area (Å²) in [6.07, 6.45) is 2.93. The highest BCUT2D eigenvalue weighted by Crippen LogP contribution is 2.12. The Kier molecular flexibility index (Phi) is 3.96. The third-order valence-electron chi connectivity index (χ3n) is 2.77. The highest BCUT2D eigenvalue weighted by atomic mass is 15.3. The fraction of sp³-hybridized carbons (Fsp3) is 0.417. The van der Waals surface area contributed by atoms with Crippen molar-refractivity contribution in [2.24, 2.45) is 12.9 Å². The zero-order valence-corrected chi connectivity index (χ0v) is 11.4. The van der Waals surface area contributed by atoms with Gasteiger partial charge in [0.1, 0.15) is 5.82 Å². The molecule has 0 saturated carbocycles. The van der Waals surface area contributed by atoms with E-state index in [1.54, 1.807) is 0 Å². The predicted molar refractivity (Wildman–Crippen MR) is 74.5 cm³/mol. The molecular formula is C12H19N7. The van der Waals surface area contributed by atoms with Crippen LogP contribution in [0.2, 0.25) is 0 Å². The maximum atomic E-state index is 5.33. The van der Waals surface area contributed by atoms with Gasteiger partial charge >= 0.3 is 0 Å². The number of hydrogen-bond donors (Lipinski definition) is 3. The van der Waals surface area contributed by atoms with Gasteiger partial charge in [0.2, 0.25) is 5.95 Å². The molecule has 0 atom stereocenters. The summed E-state index contributed by atoms with van der Waals surface area (Å²) in [5.41, 5.74) is 5.57. The summed E-state index contributed by atoms with van der Waals surface area (Å²) in [4.78, 5) is 8.39. The number of nitrogens with one attached hydrogen (secondary N) is 2. The molecule has 0 aromatic carbocycles. The Hall–Kier alpha value is -2.15. The van der Waals surface area contributed by atoms with E-state index in [0.29, 0.717) is 12.5 Å². The highest BCUT2D eigenvalue weighted by molar-refractivity contribution is 5.42. The van der Waals surface area contributed by atoms with Gasteiger partial charge in [0.15, 0.2) is 0 Å². The molecule has 2 aromatic heterocycles. The SMILES string of the molecule is CCc1nn(C)cc1CNc1cc(C)nc(NN)n1. The number of rotatable bonds is 5. The second-order valence-corrected chi connectivity index (χ2v) is 4.34. The van der Waals surface area contributed by atoms with Crippen molar-refractivity contribution in [1.82, 2.24) is 19.7 Å². The zero-order valence-electron chi connectivity index (χ0n) is 11.4. The summed E-state index contributed by atoms with van der Waals surface area (Å²) in [6, 6.07) is 1.88. The molecule has 0 fully saturated rings. The molecule has 0 unspecified atom stereocenters. The molecule has 0 aliphatic rings. The summed E-state index contributed by atoms with van der Waals surface area (Å²) in [7, 11) is 1.92. The number of nitrogen functional groups attached to an aromatic ring is 1. The Bertz CT molecular complexity index is 561. The van der Waals surface area contributed by atoms with Gasteiger partial charge in [-0.3, -0.25) is 10.1 Å². The van der Waals surface area contributed by atoms with Crippen LogP contribution in [0, 0.1) is 6.92 Å². The summed E-state index contributed by atoms with van der Waals surface area (Å²) in [6.45, 7) is 4.67. The largest absolute Gasteiger partial charge is 0.366 e. The third kappa shape index (κ3) is 3.19. The summed E-state index contributed by atoms with van der Waals surface area (Å²) < 4.78 is 1.83. The standard InChI is InChI=1S/C12H19N7/c1-4-10-9(7-19(3)18-10)6-14-11-5-8(2)15-12(16-11)17-13/h5,7H,4,6,13H2,1-3H3,(H2,14,15,16,17). The number of aryl methyl sites for hydroxylation is 3. The highest BCUT2D eigenvalue weighted by Gasteiger charge is 2.06. The Morgan fingerprint density at radius 2 is 2.16 bits per heavy atom. The molecule has 2 heterocycles. The van der Waals surface area contributed by atoms with Gasteiger partial charge in [0.05, 0.1) is 5.69 Å². The van der Waals surface area contributed by atoms with E-state index in [0.717, 1.165) is 23.6 Å². The minimum atomic E-state index is 0.407. The van der Waals surface area contributed by atoms with Gasteiger partial charge < -0.3 is 5.32 Å². The Labute approximate surface area is 112 Å². The molecule has 0 radical (unpaired) electrons. The lowest BCUT2D eigenvalue weighted by atomic mass is 10.2. The zero-order chi connectivity index (χ0) is 13.8. The van der Waals surface area contributed by atoms with E-state index < -0.39 is 0 Å².